The molecule has 4 aromatic carbocycles. The van der Waals surface area contributed by atoms with Crippen LogP contribution in [0, 0.1) is 0 Å². The Morgan fingerprint density at radius 1 is 0.568 bits per heavy atom. The highest BCUT2D eigenvalue weighted by atomic mass is 16.2. The fourth-order valence-corrected chi connectivity index (χ4v) is 6.38. The first-order valence-electron chi connectivity index (χ1n) is 11.8. The van der Waals surface area contributed by atoms with E-state index in [9.17, 15) is 24.0 Å². The number of Topliss-reactive ketones (excluding diaryl/α,β-unsaturated/α-hetero) is 3. The molecule has 37 heavy (non-hydrogen) atoms. The zero-order chi connectivity index (χ0) is 25.2. The van der Waals surface area contributed by atoms with E-state index in [0.29, 0.717) is 16.5 Å². The minimum Gasteiger partial charge on any atom is -0.291 e. The van der Waals surface area contributed by atoms with Crippen LogP contribution in [0.4, 0.5) is 0 Å². The predicted octanol–water partition coefficient (Wildman–Crippen LogP) is 3.56. The fraction of sp³-hybridized carbons (Fsp3) is 0.0333. The molecule has 1 spiro atoms. The smallest absolute Gasteiger partial charge is 0.278 e. The van der Waals surface area contributed by atoms with Gasteiger partial charge in [0.15, 0.2) is 11.3 Å². The largest absolute Gasteiger partial charge is 0.291 e. The Balaban J connectivity index is 1.66. The third kappa shape index (κ3) is 2.01. The Labute approximate surface area is 207 Å². The van der Waals surface area contributed by atoms with Gasteiger partial charge < -0.3 is 0 Å². The number of benzene rings is 4. The summed E-state index contributed by atoms with van der Waals surface area (Å²) in [7, 11) is 0. The Morgan fingerprint density at radius 2 is 1.16 bits per heavy atom. The second-order valence-corrected chi connectivity index (χ2v) is 9.46. The first-order valence-corrected chi connectivity index (χ1v) is 11.8. The molecule has 0 N–H and O–H groups in total. The third-order valence-electron chi connectivity index (χ3n) is 7.83. The average Bonchev–Trinajstić information content (AvgIpc) is 3.39. The van der Waals surface area contributed by atoms with Crippen molar-refractivity contribution in [3.8, 4) is 0 Å². The second-order valence-electron chi connectivity index (χ2n) is 9.46. The molecule has 0 fully saturated rings. The van der Waals surface area contributed by atoms with Crippen molar-refractivity contribution < 1.29 is 14.4 Å². The summed E-state index contributed by atoms with van der Waals surface area (Å²) in [4.78, 5) is 70.8. The normalized spacial score (nSPS) is 19.2. The van der Waals surface area contributed by atoms with Crippen LogP contribution < -0.4 is 11.1 Å². The van der Waals surface area contributed by atoms with E-state index in [1.54, 1.807) is 48.5 Å². The topological polar surface area (TPSA) is 95.2 Å². The number of nitrogens with zero attached hydrogens (tertiary/aromatic N) is 2. The Hall–Kier alpha value is -5.17. The summed E-state index contributed by atoms with van der Waals surface area (Å²) in [5, 5.41) is 1.57. The maximum absolute atomic E-state index is 14.5. The van der Waals surface area contributed by atoms with Crippen LogP contribution in [-0.4, -0.2) is 26.7 Å². The van der Waals surface area contributed by atoms with E-state index in [1.807, 2.05) is 12.1 Å². The molecule has 7 heteroatoms. The van der Waals surface area contributed by atoms with Gasteiger partial charge in [-0.25, -0.2) is 9.36 Å². The van der Waals surface area contributed by atoms with Gasteiger partial charge in [-0.1, -0.05) is 72.8 Å². The number of rotatable bonds is 0. The van der Waals surface area contributed by atoms with E-state index in [2.05, 4.69) is 0 Å². The second kappa shape index (κ2) is 6.33. The lowest BCUT2D eigenvalue weighted by atomic mass is 9.74. The van der Waals surface area contributed by atoms with E-state index in [-0.39, 0.29) is 33.2 Å². The van der Waals surface area contributed by atoms with E-state index in [0.717, 1.165) is 14.7 Å². The number of allylic oxidation sites excluding steroid dienone is 2. The van der Waals surface area contributed by atoms with Crippen LogP contribution in [-0.2, 0) is 5.54 Å². The number of hydrogen-bond acceptors (Lipinski definition) is 5. The molecule has 0 saturated carbocycles. The minimum absolute atomic E-state index is 0.105. The van der Waals surface area contributed by atoms with Crippen molar-refractivity contribution in [2.75, 3.05) is 0 Å². The Kier molecular flexibility index (Phi) is 3.43. The molecule has 1 aliphatic heterocycles. The van der Waals surface area contributed by atoms with Gasteiger partial charge in [-0.3, -0.25) is 24.0 Å². The molecule has 0 saturated heterocycles. The van der Waals surface area contributed by atoms with Gasteiger partial charge >= 0.3 is 0 Å². The van der Waals surface area contributed by atoms with E-state index in [4.69, 9.17) is 0 Å². The van der Waals surface area contributed by atoms with Gasteiger partial charge in [0.1, 0.15) is 5.70 Å². The first kappa shape index (κ1) is 20.1. The van der Waals surface area contributed by atoms with Crippen molar-refractivity contribution >= 4 is 44.6 Å². The van der Waals surface area contributed by atoms with Crippen molar-refractivity contribution in [3.05, 3.63) is 133 Å². The highest BCUT2D eigenvalue weighted by Crippen LogP contribution is 2.53. The van der Waals surface area contributed by atoms with Crippen molar-refractivity contribution in [2.45, 2.75) is 5.54 Å². The number of carbonyl (C=O) groups is 3. The minimum atomic E-state index is -1.99. The van der Waals surface area contributed by atoms with Crippen LogP contribution in [0.15, 0.2) is 100 Å². The molecule has 5 aromatic rings. The molecular weight excluding hydrogens is 468 g/mol. The first-order chi connectivity index (χ1) is 18.0. The Bertz CT molecular complexity index is 2140. The van der Waals surface area contributed by atoms with Crippen molar-refractivity contribution in [1.29, 1.82) is 0 Å². The standard InChI is InChI=1S/C30H14N2O5/c33-25-16-9-1-2-10-17(16)26(34)24-23(25)30(21-14-6-8-15-7-5-13-20(22(15)21)27(30)35)32-29(37)19-12-4-3-11-18(19)28(36)31(24)32/h1-14H. The maximum atomic E-state index is 14.5. The number of aromatic nitrogens is 2. The van der Waals surface area contributed by atoms with Crippen LogP contribution in [0.5, 0.6) is 0 Å². The molecular formula is C30H14N2O5. The summed E-state index contributed by atoms with van der Waals surface area (Å²) in [5.74, 6) is -1.65. The highest BCUT2D eigenvalue weighted by Gasteiger charge is 2.62. The van der Waals surface area contributed by atoms with Crippen molar-refractivity contribution in [3.63, 3.8) is 0 Å². The average molecular weight is 482 g/mol. The quantitative estimate of drug-likeness (QED) is 0.336. The van der Waals surface area contributed by atoms with Crippen LogP contribution in [0.2, 0.25) is 0 Å². The molecule has 0 radical (unpaired) electrons. The van der Waals surface area contributed by atoms with Gasteiger partial charge in [0.05, 0.1) is 16.3 Å². The summed E-state index contributed by atoms with van der Waals surface area (Å²) in [5.41, 5.74) is -2.65. The molecule has 174 valence electrons. The zero-order valence-electron chi connectivity index (χ0n) is 19.0. The molecule has 8 rings (SSSR count). The summed E-state index contributed by atoms with van der Waals surface area (Å²) in [6.07, 6.45) is 0. The zero-order valence-corrected chi connectivity index (χ0v) is 19.0. The monoisotopic (exact) mass is 482 g/mol. The van der Waals surface area contributed by atoms with Crippen LogP contribution >= 0.6 is 0 Å². The third-order valence-corrected chi connectivity index (χ3v) is 7.83. The highest BCUT2D eigenvalue weighted by molar-refractivity contribution is 6.41. The van der Waals surface area contributed by atoms with E-state index >= 15 is 0 Å². The predicted molar refractivity (Wildman–Crippen MR) is 136 cm³/mol. The van der Waals surface area contributed by atoms with Gasteiger partial charge in [-0.15, -0.1) is 0 Å². The van der Waals surface area contributed by atoms with Crippen LogP contribution in [0.3, 0.4) is 0 Å². The van der Waals surface area contributed by atoms with Gasteiger partial charge in [0.25, 0.3) is 11.1 Å². The number of ketones is 3. The van der Waals surface area contributed by atoms with E-state index in [1.165, 1.54) is 24.3 Å². The number of fused-ring (bicyclic) bond motifs is 7. The van der Waals surface area contributed by atoms with Crippen LogP contribution in [0.1, 0.15) is 36.6 Å². The van der Waals surface area contributed by atoms with Gasteiger partial charge in [-0.05, 0) is 22.9 Å². The molecule has 2 aliphatic carbocycles. The van der Waals surface area contributed by atoms with Crippen molar-refractivity contribution in [2.24, 2.45) is 0 Å². The summed E-state index contributed by atoms with van der Waals surface area (Å²) < 4.78 is 2.03. The van der Waals surface area contributed by atoms with Gasteiger partial charge in [0, 0.05) is 22.3 Å². The summed E-state index contributed by atoms with van der Waals surface area (Å²) in [6, 6.07) is 23.1. The summed E-state index contributed by atoms with van der Waals surface area (Å²) in [6.45, 7) is 0. The van der Waals surface area contributed by atoms with Crippen LogP contribution in [0.25, 0.3) is 27.2 Å². The molecule has 2 heterocycles. The lowest BCUT2D eigenvalue weighted by Crippen LogP contribution is -2.50. The number of carbonyl (C=O) groups excluding carboxylic acids is 3. The lowest BCUT2D eigenvalue weighted by molar-refractivity contribution is 0.0855. The van der Waals surface area contributed by atoms with E-state index < -0.39 is 34.0 Å². The summed E-state index contributed by atoms with van der Waals surface area (Å²) >= 11 is 0. The lowest BCUT2D eigenvalue weighted by Gasteiger charge is -2.29. The van der Waals surface area contributed by atoms with Crippen molar-refractivity contribution in [1.82, 2.24) is 9.36 Å². The molecule has 3 aliphatic rings. The molecule has 0 bridgehead atoms. The molecule has 1 aromatic heterocycles. The molecule has 1 unspecified atom stereocenters. The fourth-order valence-electron chi connectivity index (χ4n) is 6.38. The molecule has 0 amide bonds. The molecule has 7 nitrogen and oxygen atoms in total. The maximum Gasteiger partial charge on any atom is 0.278 e. The number of hydrogen-bond donors (Lipinski definition) is 0. The Morgan fingerprint density at radius 3 is 1.89 bits per heavy atom. The van der Waals surface area contributed by atoms with Gasteiger partial charge in [0.2, 0.25) is 11.6 Å². The molecule has 1 atom stereocenters. The SMILES string of the molecule is O=C1C2=C(C(=O)c3ccccc31)C1(C(=O)c3cccc4cccc1c34)n1c(=O)c3ccccc3c(=O)n12. The van der Waals surface area contributed by atoms with Gasteiger partial charge in [-0.2, -0.15) is 0 Å².